The summed E-state index contributed by atoms with van der Waals surface area (Å²) in [6.07, 6.45) is 0. The number of nitrogen functional groups attached to an aromatic ring is 1. The summed E-state index contributed by atoms with van der Waals surface area (Å²) in [6.45, 7) is 0. The molecule has 0 aliphatic carbocycles. The Labute approximate surface area is 101 Å². The highest BCUT2D eigenvalue weighted by atomic mass is 79.9. The van der Waals surface area contributed by atoms with Gasteiger partial charge in [-0.25, -0.2) is 4.39 Å². The van der Waals surface area contributed by atoms with Gasteiger partial charge in [0.25, 0.3) is 0 Å². The minimum atomic E-state index is -0.334. The molecule has 0 fully saturated rings. The second-order valence-electron chi connectivity index (χ2n) is 3.36. The minimum absolute atomic E-state index is 0.334. The molecule has 0 aliphatic heterocycles. The average Bonchev–Trinajstić information content (AvgIpc) is 2.25. The first-order chi connectivity index (χ1) is 7.65. The predicted octanol–water partition coefficient (Wildman–Crippen LogP) is 3.91. The van der Waals surface area contributed by atoms with E-state index in [1.54, 1.807) is 6.07 Å². The zero-order chi connectivity index (χ0) is 11.5. The number of nitrogens with two attached hydrogens (primary N) is 1. The van der Waals surface area contributed by atoms with Crippen molar-refractivity contribution < 1.29 is 4.39 Å². The first-order valence-corrected chi connectivity index (χ1v) is 5.52. The molecule has 0 heterocycles. The van der Waals surface area contributed by atoms with Gasteiger partial charge >= 0.3 is 0 Å². The minimum Gasteiger partial charge on any atom is -0.397 e. The van der Waals surface area contributed by atoms with E-state index in [9.17, 15) is 4.39 Å². The van der Waals surface area contributed by atoms with E-state index in [1.807, 2.05) is 24.3 Å². The lowest BCUT2D eigenvalue weighted by Crippen LogP contribution is -1.96. The van der Waals surface area contributed by atoms with E-state index in [-0.39, 0.29) is 5.82 Å². The van der Waals surface area contributed by atoms with Crippen molar-refractivity contribution in [3.8, 4) is 0 Å². The summed E-state index contributed by atoms with van der Waals surface area (Å²) in [6, 6.07) is 11.9. The van der Waals surface area contributed by atoms with Gasteiger partial charge in [-0.15, -0.1) is 0 Å². The van der Waals surface area contributed by atoms with E-state index in [0.717, 1.165) is 10.2 Å². The number of hydrogen-bond donors (Lipinski definition) is 2. The Kier molecular flexibility index (Phi) is 3.10. The Hall–Kier alpha value is -1.55. The molecule has 0 spiro atoms. The molecular formula is C12H10BrFN2. The number of benzene rings is 2. The van der Waals surface area contributed by atoms with Crippen molar-refractivity contribution in [1.82, 2.24) is 0 Å². The Morgan fingerprint density at radius 1 is 1.06 bits per heavy atom. The maximum absolute atomic E-state index is 12.8. The molecule has 0 aliphatic rings. The van der Waals surface area contributed by atoms with Gasteiger partial charge in [0, 0.05) is 10.2 Å². The standard InChI is InChI=1S/C12H10BrFN2/c13-8-1-4-10(5-2-8)16-12-6-3-9(14)7-11(12)15/h1-7,16H,15H2. The van der Waals surface area contributed by atoms with E-state index in [0.29, 0.717) is 11.4 Å². The predicted molar refractivity (Wildman–Crippen MR) is 68.2 cm³/mol. The molecule has 0 atom stereocenters. The molecule has 16 heavy (non-hydrogen) atoms. The van der Waals surface area contributed by atoms with Gasteiger partial charge in [-0.1, -0.05) is 15.9 Å². The fourth-order valence-corrected chi connectivity index (χ4v) is 1.60. The van der Waals surface area contributed by atoms with E-state index in [1.165, 1.54) is 12.1 Å². The van der Waals surface area contributed by atoms with Crippen LogP contribution in [0.15, 0.2) is 46.9 Å². The molecule has 0 radical (unpaired) electrons. The normalized spacial score (nSPS) is 10.1. The van der Waals surface area contributed by atoms with Gasteiger partial charge in [0.05, 0.1) is 11.4 Å². The fourth-order valence-electron chi connectivity index (χ4n) is 1.34. The Morgan fingerprint density at radius 2 is 1.75 bits per heavy atom. The monoisotopic (exact) mass is 280 g/mol. The molecule has 2 rings (SSSR count). The van der Waals surface area contributed by atoms with Crippen LogP contribution < -0.4 is 11.1 Å². The van der Waals surface area contributed by atoms with Crippen molar-refractivity contribution in [1.29, 1.82) is 0 Å². The summed E-state index contributed by atoms with van der Waals surface area (Å²) in [7, 11) is 0. The van der Waals surface area contributed by atoms with Crippen molar-refractivity contribution in [2.75, 3.05) is 11.1 Å². The van der Waals surface area contributed by atoms with E-state index in [2.05, 4.69) is 21.2 Å². The highest BCUT2D eigenvalue weighted by Gasteiger charge is 2.00. The lowest BCUT2D eigenvalue weighted by molar-refractivity contribution is 0.628. The molecule has 3 N–H and O–H groups in total. The first kappa shape index (κ1) is 11.0. The molecule has 0 aromatic heterocycles. The highest BCUT2D eigenvalue weighted by Crippen LogP contribution is 2.24. The maximum atomic E-state index is 12.8. The van der Waals surface area contributed by atoms with Crippen molar-refractivity contribution >= 4 is 33.0 Å². The zero-order valence-electron chi connectivity index (χ0n) is 8.37. The lowest BCUT2D eigenvalue weighted by atomic mass is 10.2. The second kappa shape index (κ2) is 4.53. The molecule has 0 saturated heterocycles. The number of anilines is 3. The third-order valence-electron chi connectivity index (χ3n) is 2.14. The molecule has 82 valence electrons. The quantitative estimate of drug-likeness (QED) is 0.819. The van der Waals surface area contributed by atoms with Gasteiger partial charge in [-0.05, 0) is 42.5 Å². The first-order valence-electron chi connectivity index (χ1n) is 4.73. The third-order valence-corrected chi connectivity index (χ3v) is 2.67. The highest BCUT2D eigenvalue weighted by molar-refractivity contribution is 9.10. The van der Waals surface area contributed by atoms with Crippen LogP contribution in [0.3, 0.4) is 0 Å². The molecule has 0 bridgehead atoms. The Balaban J connectivity index is 2.23. The molecule has 0 saturated carbocycles. The number of rotatable bonds is 2. The number of nitrogens with one attached hydrogen (secondary N) is 1. The second-order valence-corrected chi connectivity index (χ2v) is 4.28. The third kappa shape index (κ3) is 2.52. The van der Waals surface area contributed by atoms with Crippen LogP contribution in [0, 0.1) is 5.82 Å². The molecule has 2 nitrogen and oxygen atoms in total. The van der Waals surface area contributed by atoms with Crippen molar-refractivity contribution in [3.05, 3.63) is 52.8 Å². The van der Waals surface area contributed by atoms with Crippen LogP contribution in [-0.4, -0.2) is 0 Å². The Bertz CT molecular complexity index is 497. The summed E-state index contributed by atoms with van der Waals surface area (Å²) >= 11 is 3.35. The van der Waals surface area contributed by atoms with Gasteiger partial charge in [-0.2, -0.15) is 0 Å². The van der Waals surface area contributed by atoms with Crippen LogP contribution in [0.4, 0.5) is 21.5 Å². The molecule has 2 aromatic rings. The summed E-state index contributed by atoms with van der Waals surface area (Å²) < 4.78 is 13.8. The zero-order valence-corrected chi connectivity index (χ0v) is 9.96. The lowest BCUT2D eigenvalue weighted by Gasteiger charge is -2.09. The SMILES string of the molecule is Nc1cc(F)ccc1Nc1ccc(Br)cc1. The van der Waals surface area contributed by atoms with Crippen LogP contribution >= 0.6 is 15.9 Å². The average molecular weight is 281 g/mol. The maximum Gasteiger partial charge on any atom is 0.125 e. The van der Waals surface area contributed by atoms with Crippen molar-refractivity contribution in [3.63, 3.8) is 0 Å². The largest absolute Gasteiger partial charge is 0.397 e. The number of hydrogen-bond acceptors (Lipinski definition) is 2. The molecule has 4 heteroatoms. The van der Waals surface area contributed by atoms with E-state index < -0.39 is 0 Å². The fraction of sp³-hybridized carbons (Fsp3) is 0. The van der Waals surface area contributed by atoms with Crippen LogP contribution in [0.1, 0.15) is 0 Å². The van der Waals surface area contributed by atoms with E-state index in [4.69, 9.17) is 5.73 Å². The molecule has 0 unspecified atom stereocenters. The van der Waals surface area contributed by atoms with Gasteiger partial charge < -0.3 is 11.1 Å². The van der Waals surface area contributed by atoms with Crippen molar-refractivity contribution in [2.24, 2.45) is 0 Å². The van der Waals surface area contributed by atoms with Gasteiger partial charge in [0.15, 0.2) is 0 Å². The van der Waals surface area contributed by atoms with Gasteiger partial charge in [-0.3, -0.25) is 0 Å². The van der Waals surface area contributed by atoms with Crippen LogP contribution in [-0.2, 0) is 0 Å². The summed E-state index contributed by atoms with van der Waals surface area (Å²) in [5.41, 5.74) is 7.68. The summed E-state index contributed by atoms with van der Waals surface area (Å²) in [5, 5.41) is 3.11. The summed E-state index contributed by atoms with van der Waals surface area (Å²) in [5.74, 6) is -0.334. The van der Waals surface area contributed by atoms with Gasteiger partial charge in [0.2, 0.25) is 0 Å². The topological polar surface area (TPSA) is 38.0 Å². The smallest absolute Gasteiger partial charge is 0.125 e. The molecule has 2 aromatic carbocycles. The number of halogens is 2. The van der Waals surface area contributed by atoms with Crippen LogP contribution in [0.25, 0.3) is 0 Å². The van der Waals surface area contributed by atoms with Crippen LogP contribution in [0.5, 0.6) is 0 Å². The molecule has 0 amide bonds. The molecular weight excluding hydrogens is 271 g/mol. The van der Waals surface area contributed by atoms with Gasteiger partial charge in [0.1, 0.15) is 5.82 Å². The van der Waals surface area contributed by atoms with Crippen LogP contribution in [0.2, 0.25) is 0 Å². The van der Waals surface area contributed by atoms with Crippen molar-refractivity contribution in [2.45, 2.75) is 0 Å². The summed E-state index contributed by atoms with van der Waals surface area (Å²) in [4.78, 5) is 0. The van der Waals surface area contributed by atoms with E-state index >= 15 is 0 Å². The Morgan fingerprint density at radius 3 is 2.38 bits per heavy atom.